The topological polar surface area (TPSA) is 96.0 Å². The van der Waals surface area contributed by atoms with Crippen LogP contribution in [0.1, 0.15) is 32.8 Å². The normalized spacial score (nSPS) is 13.2. The van der Waals surface area contributed by atoms with Gasteiger partial charge in [-0.25, -0.2) is 8.42 Å². The summed E-state index contributed by atoms with van der Waals surface area (Å²) < 4.78 is 33.0. The maximum Gasteiger partial charge on any atom is 0.243 e. The van der Waals surface area contributed by atoms with Gasteiger partial charge in [0.25, 0.3) is 0 Å². The van der Waals surface area contributed by atoms with Crippen LogP contribution in [0, 0.1) is 0 Å². The summed E-state index contributed by atoms with van der Waals surface area (Å²) in [6, 6.07) is 18.7. The molecule has 37 heavy (non-hydrogen) atoms. The molecule has 0 aliphatic carbocycles. The number of sulfonamides is 1. The first kappa shape index (κ1) is 28.1. The molecule has 198 valence electrons. The largest absolute Gasteiger partial charge is 0.497 e. The van der Waals surface area contributed by atoms with Gasteiger partial charge in [-0.1, -0.05) is 49.4 Å². The lowest BCUT2D eigenvalue weighted by Crippen LogP contribution is -2.51. The Morgan fingerprint density at radius 1 is 0.973 bits per heavy atom. The molecule has 0 unspecified atom stereocenters. The van der Waals surface area contributed by atoms with Crippen LogP contribution in [0.4, 0.5) is 0 Å². The first-order valence-corrected chi connectivity index (χ1v) is 13.7. The van der Waals surface area contributed by atoms with Crippen molar-refractivity contribution in [1.29, 1.82) is 0 Å². The van der Waals surface area contributed by atoms with Crippen molar-refractivity contribution in [3.8, 4) is 5.75 Å². The van der Waals surface area contributed by atoms with E-state index in [1.165, 1.54) is 18.0 Å². The number of methoxy groups -OCH3 is 1. The number of benzene rings is 3. The zero-order chi connectivity index (χ0) is 27.2. The molecule has 2 atom stereocenters. The monoisotopic (exact) mass is 525 g/mol. The molecule has 3 aromatic rings. The van der Waals surface area contributed by atoms with Crippen molar-refractivity contribution < 1.29 is 22.7 Å². The molecule has 0 saturated heterocycles. The summed E-state index contributed by atoms with van der Waals surface area (Å²) in [7, 11) is -1.02. The number of carbonyl (C=O) groups is 2. The van der Waals surface area contributed by atoms with Crippen molar-refractivity contribution in [3.05, 3.63) is 72.3 Å². The Hall–Kier alpha value is -3.43. The smallest absolute Gasteiger partial charge is 0.243 e. The molecule has 8 nitrogen and oxygen atoms in total. The van der Waals surface area contributed by atoms with Crippen LogP contribution in [0.2, 0.25) is 0 Å². The Morgan fingerprint density at radius 2 is 1.68 bits per heavy atom. The third-order valence-corrected chi connectivity index (χ3v) is 8.24. The molecule has 9 heteroatoms. The maximum absolute atomic E-state index is 13.5. The summed E-state index contributed by atoms with van der Waals surface area (Å²) >= 11 is 0. The Labute approximate surface area is 219 Å². The second-order valence-corrected chi connectivity index (χ2v) is 11.2. The first-order chi connectivity index (χ1) is 17.6. The SMILES string of the molecule is CC[C@@H](C)NC(=O)[C@H](C)N(Cc1cccc(OC)c1)C(=O)CN(C)S(=O)(=O)c1ccc2ccccc2c1. The van der Waals surface area contributed by atoms with E-state index in [0.717, 1.165) is 27.1 Å². The summed E-state index contributed by atoms with van der Waals surface area (Å²) in [6.45, 7) is 5.20. The third kappa shape index (κ3) is 6.87. The predicted octanol–water partition coefficient (Wildman–Crippen LogP) is 3.80. The summed E-state index contributed by atoms with van der Waals surface area (Å²) in [5.41, 5.74) is 0.760. The van der Waals surface area contributed by atoms with Gasteiger partial charge in [-0.2, -0.15) is 4.31 Å². The van der Waals surface area contributed by atoms with Gasteiger partial charge in [-0.3, -0.25) is 9.59 Å². The number of likely N-dealkylation sites (N-methyl/N-ethyl adjacent to an activating group) is 1. The number of nitrogens with one attached hydrogen (secondary N) is 1. The van der Waals surface area contributed by atoms with E-state index in [4.69, 9.17) is 4.74 Å². The molecule has 0 heterocycles. The van der Waals surface area contributed by atoms with Crippen LogP contribution in [0.15, 0.2) is 71.6 Å². The highest BCUT2D eigenvalue weighted by Crippen LogP contribution is 2.22. The Balaban J connectivity index is 1.86. The van der Waals surface area contributed by atoms with Crippen molar-refractivity contribution in [2.24, 2.45) is 0 Å². The lowest BCUT2D eigenvalue weighted by molar-refractivity contribution is -0.140. The molecule has 0 radical (unpaired) electrons. The highest BCUT2D eigenvalue weighted by atomic mass is 32.2. The number of nitrogens with zero attached hydrogens (tertiary/aromatic N) is 2. The van der Waals surface area contributed by atoms with Crippen molar-refractivity contribution in [2.75, 3.05) is 20.7 Å². The molecule has 3 rings (SSSR count). The highest BCUT2D eigenvalue weighted by molar-refractivity contribution is 7.89. The lowest BCUT2D eigenvalue weighted by Gasteiger charge is -2.31. The van der Waals surface area contributed by atoms with E-state index in [9.17, 15) is 18.0 Å². The number of ether oxygens (including phenoxy) is 1. The molecule has 0 bridgehead atoms. The molecule has 2 amide bonds. The lowest BCUT2D eigenvalue weighted by atomic mass is 10.1. The summed E-state index contributed by atoms with van der Waals surface area (Å²) in [6.07, 6.45) is 0.745. The van der Waals surface area contributed by atoms with Crippen LogP contribution in [0.3, 0.4) is 0 Å². The summed E-state index contributed by atoms with van der Waals surface area (Å²) in [5.74, 6) is -0.162. The van der Waals surface area contributed by atoms with Crippen LogP contribution in [0.25, 0.3) is 10.8 Å². The summed E-state index contributed by atoms with van der Waals surface area (Å²) in [5, 5.41) is 4.62. The quantitative estimate of drug-likeness (QED) is 0.411. The maximum atomic E-state index is 13.5. The molecule has 0 fully saturated rings. The minimum atomic E-state index is -3.95. The number of fused-ring (bicyclic) bond motifs is 1. The zero-order valence-electron chi connectivity index (χ0n) is 22.0. The number of amides is 2. The molecule has 0 aliphatic rings. The van der Waals surface area contributed by atoms with E-state index >= 15 is 0 Å². The van der Waals surface area contributed by atoms with Gasteiger partial charge in [0.05, 0.1) is 18.6 Å². The van der Waals surface area contributed by atoms with Crippen molar-refractivity contribution in [3.63, 3.8) is 0 Å². The van der Waals surface area contributed by atoms with Crippen molar-refractivity contribution in [2.45, 2.75) is 50.7 Å². The molecular weight excluding hydrogens is 490 g/mol. The van der Waals surface area contributed by atoms with Gasteiger partial charge in [0.15, 0.2) is 0 Å². The van der Waals surface area contributed by atoms with Crippen LogP contribution in [0.5, 0.6) is 5.75 Å². The van der Waals surface area contributed by atoms with Crippen LogP contribution < -0.4 is 10.1 Å². The number of hydrogen-bond acceptors (Lipinski definition) is 5. The van der Waals surface area contributed by atoms with E-state index in [1.807, 2.05) is 44.2 Å². The van der Waals surface area contributed by atoms with E-state index in [0.29, 0.717) is 5.75 Å². The Kier molecular flexibility index (Phi) is 9.29. The second kappa shape index (κ2) is 12.2. The summed E-state index contributed by atoms with van der Waals surface area (Å²) in [4.78, 5) is 28.0. The molecule has 0 aliphatic heterocycles. The molecule has 3 aromatic carbocycles. The molecule has 0 aromatic heterocycles. The van der Waals surface area contributed by atoms with E-state index < -0.39 is 28.5 Å². The standard InChI is InChI=1S/C28H35N3O5S/c1-6-20(2)29-28(33)21(3)31(18-22-10-9-13-25(16-22)36-5)27(32)19-30(4)37(34,35)26-15-14-23-11-7-8-12-24(23)17-26/h7-17,20-21H,6,18-19H2,1-5H3,(H,29,33)/t20-,21+/m1/s1. The van der Waals surface area contributed by atoms with Gasteiger partial charge in [0.1, 0.15) is 11.8 Å². The van der Waals surface area contributed by atoms with Gasteiger partial charge in [0.2, 0.25) is 21.8 Å². The van der Waals surface area contributed by atoms with Gasteiger partial charge in [-0.15, -0.1) is 0 Å². The van der Waals surface area contributed by atoms with E-state index in [2.05, 4.69) is 5.32 Å². The fourth-order valence-corrected chi connectivity index (χ4v) is 5.05. The average molecular weight is 526 g/mol. The van der Waals surface area contributed by atoms with E-state index in [-0.39, 0.29) is 23.4 Å². The molecule has 0 spiro atoms. The Bertz CT molecular complexity index is 1360. The molecular formula is C28H35N3O5S. The van der Waals surface area contributed by atoms with E-state index in [1.54, 1.807) is 44.4 Å². The number of hydrogen-bond donors (Lipinski definition) is 1. The fourth-order valence-electron chi connectivity index (χ4n) is 3.89. The Morgan fingerprint density at radius 3 is 2.35 bits per heavy atom. The average Bonchev–Trinajstić information content (AvgIpc) is 2.90. The van der Waals surface area contributed by atoms with Crippen LogP contribution in [-0.2, 0) is 26.2 Å². The van der Waals surface area contributed by atoms with Gasteiger partial charge in [0, 0.05) is 19.6 Å². The number of carbonyl (C=O) groups excluding carboxylic acids is 2. The fraction of sp³-hybridized carbons (Fsp3) is 0.357. The number of rotatable bonds is 11. The van der Waals surface area contributed by atoms with Crippen LogP contribution in [-0.4, -0.2) is 62.2 Å². The van der Waals surface area contributed by atoms with Crippen molar-refractivity contribution in [1.82, 2.24) is 14.5 Å². The predicted molar refractivity (Wildman–Crippen MR) is 145 cm³/mol. The molecule has 0 saturated carbocycles. The third-order valence-electron chi connectivity index (χ3n) is 6.44. The highest BCUT2D eigenvalue weighted by Gasteiger charge is 2.30. The van der Waals surface area contributed by atoms with Gasteiger partial charge >= 0.3 is 0 Å². The second-order valence-electron chi connectivity index (χ2n) is 9.14. The first-order valence-electron chi connectivity index (χ1n) is 12.2. The minimum absolute atomic E-state index is 0.0559. The van der Waals surface area contributed by atoms with Crippen molar-refractivity contribution >= 4 is 32.6 Å². The van der Waals surface area contributed by atoms with Gasteiger partial charge < -0.3 is 15.0 Å². The van der Waals surface area contributed by atoms with Crippen LogP contribution >= 0.6 is 0 Å². The minimum Gasteiger partial charge on any atom is -0.497 e. The van der Waals surface area contributed by atoms with Gasteiger partial charge in [-0.05, 0) is 60.9 Å². The zero-order valence-corrected chi connectivity index (χ0v) is 22.8. The molecule has 1 N–H and O–H groups in total.